The van der Waals surface area contributed by atoms with Crippen molar-refractivity contribution >= 4 is 0 Å². The zero-order valence-electron chi connectivity index (χ0n) is 13.4. The molecule has 0 aliphatic heterocycles. The summed E-state index contributed by atoms with van der Waals surface area (Å²) in [7, 11) is 0. The molecule has 0 radical (unpaired) electrons. The second-order valence-electron chi connectivity index (χ2n) is 6.68. The van der Waals surface area contributed by atoms with Crippen LogP contribution in [0, 0.1) is 5.92 Å². The lowest BCUT2D eigenvalue weighted by atomic mass is 10.1. The van der Waals surface area contributed by atoms with Gasteiger partial charge in [0.2, 0.25) is 0 Å². The van der Waals surface area contributed by atoms with Crippen LogP contribution in [0.4, 0.5) is 0 Å². The minimum absolute atomic E-state index is 0.162. The van der Waals surface area contributed by atoms with Gasteiger partial charge in [-0.1, -0.05) is 37.3 Å². The summed E-state index contributed by atoms with van der Waals surface area (Å²) in [6.07, 6.45) is 0. The summed E-state index contributed by atoms with van der Waals surface area (Å²) in [6, 6.07) is 10.5. The van der Waals surface area contributed by atoms with Gasteiger partial charge in [-0.25, -0.2) is 0 Å². The molecule has 0 heterocycles. The molecular weight excluding hydrogens is 248 g/mol. The van der Waals surface area contributed by atoms with E-state index >= 15 is 0 Å². The maximum Gasteiger partial charge on any atom is 0.0558 e. The molecule has 0 aliphatic rings. The Kier molecular flexibility index (Phi) is 7.20. The highest BCUT2D eigenvalue weighted by Gasteiger charge is 2.14. The third-order valence-electron chi connectivity index (χ3n) is 3.22. The first-order valence-corrected chi connectivity index (χ1v) is 7.53. The van der Waals surface area contributed by atoms with Gasteiger partial charge in [-0.05, 0) is 38.8 Å². The van der Waals surface area contributed by atoms with E-state index in [1.807, 2.05) is 6.07 Å². The van der Waals surface area contributed by atoms with Crippen molar-refractivity contribution in [3.63, 3.8) is 0 Å². The lowest BCUT2D eigenvalue weighted by Gasteiger charge is -2.28. The lowest BCUT2D eigenvalue weighted by molar-refractivity contribution is 0.169. The molecule has 0 aliphatic carbocycles. The number of hydrogen-bond acceptors (Lipinski definition) is 3. The largest absolute Gasteiger partial charge is 0.395 e. The SMILES string of the molecule is CC(CNC(C)(C)C)CN(CCO)Cc1ccccc1. The van der Waals surface area contributed by atoms with Crippen LogP contribution in [0.2, 0.25) is 0 Å². The number of benzene rings is 1. The normalized spacial score (nSPS) is 13.7. The first-order chi connectivity index (χ1) is 9.40. The number of nitrogens with zero attached hydrogens (tertiary/aromatic N) is 1. The van der Waals surface area contributed by atoms with E-state index in [0.717, 1.165) is 26.2 Å². The molecule has 0 saturated heterocycles. The first kappa shape index (κ1) is 17.2. The summed E-state index contributed by atoms with van der Waals surface area (Å²) in [5.41, 5.74) is 1.46. The molecule has 3 nitrogen and oxygen atoms in total. The van der Waals surface area contributed by atoms with Crippen molar-refractivity contribution in [2.45, 2.75) is 39.8 Å². The van der Waals surface area contributed by atoms with Gasteiger partial charge in [0.25, 0.3) is 0 Å². The molecule has 20 heavy (non-hydrogen) atoms. The Morgan fingerprint density at radius 3 is 2.40 bits per heavy atom. The fourth-order valence-corrected chi connectivity index (χ4v) is 2.20. The van der Waals surface area contributed by atoms with Gasteiger partial charge < -0.3 is 10.4 Å². The molecule has 2 N–H and O–H groups in total. The highest BCUT2D eigenvalue weighted by atomic mass is 16.3. The Hall–Kier alpha value is -0.900. The van der Waals surface area contributed by atoms with Crippen molar-refractivity contribution in [1.29, 1.82) is 0 Å². The van der Waals surface area contributed by atoms with Crippen LogP contribution in [-0.4, -0.2) is 41.8 Å². The maximum atomic E-state index is 9.23. The van der Waals surface area contributed by atoms with E-state index in [0.29, 0.717) is 5.92 Å². The van der Waals surface area contributed by atoms with Crippen molar-refractivity contribution < 1.29 is 5.11 Å². The molecule has 3 heteroatoms. The van der Waals surface area contributed by atoms with Gasteiger partial charge in [0.1, 0.15) is 0 Å². The zero-order chi connectivity index (χ0) is 15.0. The molecule has 114 valence electrons. The van der Waals surface area contributed by atoms with Crippen LogP contribution >= 0.6 is 0 Å². The van der Waals surface area contributed by atoms with Gasteiger partial charge in [-0.15, -0.1) is 0 Å². The molecular formula is C17H30N2O. The van der Waals surface area contributed by atoms with Crippen LogP contribution in [0.25, 0.3) is 0 Å². The zero-order valence-corrected chi connectivity index (χ0v) is 13.4. The van der Waals surface area contributed by atoms with Crippen molar-refractivity contribution in [3.05, 3.63) is 35.9 Å². The second-order valence-corrected chi connectivity index (χ2v) is 6.68. The Balaban J connectivity index is 2.46. The van der Waals surface area contributed by atoms with Gasteiger partial charge >= 0.3 is 0 Å². The van der Waals surface area contributed by atoms with Crippen molar-refractivity contribution in [2.75, 3.05) is 26.2 Å². The molecule has 0 fully saturated rings. The summed E-state index contributed by atoms with van der Waals surface area (Å²) in [5.74, 6) is 0.560. The summed E-state index contributed by atoms with van der Waals surface area (Å²) >= 11 is 0. The van der Waals surface area contributed by atoms with E-state index in [-0.39, 0.29) is 12.1 Å². The maximum absolute atomic E-state index is 9.23. The summed E-state index contributed by atoms with van der Waals surface area (Å²) in [6.45, 7) is 12.7. The number of hydrogen-bond donors (Lipinski definition) is 2. The Bertz CT molecular complexity index is 359. The summed E-state index contributed by atoms with van der Waals surface area (Å²) in [4.78, 5) is 2.32. The predicted octanol–water partition coefficient (Wildman–Crippen LogP) is 2.51. The molecule has 0 spiro atoms. The molecule has 0 saturated carbocycles. The molecule has 1 aromatic carbocycles. The minimum atomic E-state index is 0.162. The van der Waals surface area contributed by atoms with E-state index in [4.69, 9.17) is 0 Å². The summed E-state index contributed by atoms with van der Waals surface area (Å²) < 4.78 is 0. The van der Waals surface area contributed by atoms with Crippen LogP contribution in [0.15, 0.2) is 30.3 Å². The van der Waals surface area contributed by atoms with Crippen LogP contribution in [0.3, 0.4) is 0 Å². The predicted molar refractivity (Wildman–Crippen MR) is 85.7 cm³/mol. The van der Waals surface area contributed by atoms with Gasteiger partial charge in [-0.3, -0.25) is 4.90 Å². The van der Waals surface area contributed by atoms with Gasteiger partial charge in [0, 0.05) is 25.2 Å². The Morgan fingerprint density at radius 2 is 1.85 bits per heavy atom. The molecule has 1 unspecified atom stereocenters. The number of aliphatic hydroxyl groups is 1. The van der Waals surface area contributed by atoms with E-state index < -0.39 is 0 Å². The highest BCUT2D eigenvalue weighted by molar-refractivity contribution is 5.14. The summed E-state index contributed by atoms with van der Waals surface area (Å²) in [5, 5.41) is 12.8. The highest BCUT2D eigenvalue weighted by Crippen LogP contribution is 2.08. The molecule has 1 rings (SSSR count). The molecule has 1 atom stereocenters. The third kappa shape index (κ3) is 7.63. The van der Waals surface area contributed by atoms with Crippen LogP contribution in [0.1, 0.15) is 33.3 Å². The average molecular weight is 278 g/mol. The first-order valence-electron chi connectivity index (χ1n) is 7.53. The molecule has 0 bridgehead atoms. The van der Waals surface area contributed by atoms with Gasteiger partial charge in [-0.2, -0.15) is 0 Å². The smallest absolute Gasteiger partial charge is 0.0558 e. The van der Waals surface area contributed by atoms with E-state index in [1.54, 1.807) is 0 Å². The average Bonchev–Trinajstić information content (AvgIpc) is 2.37. The fourth-order valence-electron chi connectivity index (χ4n) is 2.20. The standard InChI is InChI=1S/C17H30N2O/c1-15(12-18-17(2,3)4)13-19(10-11-20)14-16-8-6-5-7-9-16/h5-9,15,18,20H,10-14H2,1-4H3. The number of nitrogens with one attached hydrogen (secondary N) is 1. The van der Waals surface area contributed by atoms with Crippen LogP contribution in [0.5, 0.6) is 0 Å². The van der Waals surface area contributed by atoms with Crippen molar-refractivity contribution in [3.8, 4) is 0 Å². The van der Waals surface area contributed by atoms with Crippen molar-refractivity contribution in [1.82, 2.24) is 10.2 Å². The van der Waals surface area contributed by atoms with Crippen molar-refractivity contribution in [2.24, 2.45) is 5.92 Å². The number of rotatable bonds is 8. The monoisotopic (exact) mass is 278 g/mol. The third-order valence-corrected chi connectivity index (χ3v) is 3.22. The number of aliphatic hydroxyl groups excluding tert-OH is 1. The Labute approximate surface area is 124 Å². The molecule has 0 aromatic heterocycles. The van der Waals surface area contributed by atoms with Crippen LogP contribution < -0.4 is 5.32 Å². The van der Waals surface area contributed by atoms with Gasteiger partial charge in [0.05, 0.1) is 6.61 Å². The Morgan fingerprint density at radius 1 is 1.20 bits per heavy atom. The molecule has 0 amide bonds. The quantitative estimate of drug-likeness (QED) is 0.767. The second kappa shape index (κ2) is 8.40. The molecule has 1 aromatic rings. The van der Waals surface area contributed by atoms with E-state index in [9.17, 15) is 5.11 Å². The van der Waals surface area contributed by atoms with Crippen LogP contribution in [-0.2, 0) is 6.54 Å². The minimum Gasteiger partial charge on any atom is -0.395 e. The topological polar surface area (TPSA) is 35.5 Å². The lowest BCUT2D eigenvalue weighted by Crippen LogP contribution is -2.41. The van der Waals surface area contributed by atoms with E-state index in [2.05, 4.69) is 62.2 Å². The van der Waals surface area contributed by atoms with Gasteiger partial charge in [0.15, 0.2) is 0 Å². The fraction of sp³-hybridized carbons (Fsp3) is 0.647. The van der Waals surface area contributed by atoms with E-state index in [1.165, 1.54) is 5.56 Å².